The molecule has 0 unspecified atom stereocenters. The molecule has 0 saturated heterocycles. The first-order chi connectivity index (χ1) is 4.90. The zero-order chi connectivity index (χ0) is 6.97. The van der Waals surface area contributed by atoms with E-state index < -0.39 is 0 Å². The van der Waals surface area contributed by atoms with Crippen LogP contribution in [-0.4, -0.2) is 16.4 Å². The van der Waals surface area contributed by atoms with Crippen molar-refractivity contribution >= 4 is 33.4 Å². The number of nitrogens with zero attached hydrogens (tertiary/aromatic N) is 2. The molecular formula is C5H4N2OS2. The normalized spacial score (nSPS) is 10.9. The van der Waals surface area contributed by atoms with Crippen molar-refractivity contribution < 1.29 is 4.52 Å². The summed E-state index contributed by atoms with van der Waals surface area (Å²) in [7, 11) is 0. The molecule has 0 aliphatic heterocycles. The van der Waals surface area contributed by atoms with Crippen LogP contribution >= 0.6 is 23.1 Å². The highest BCUT2D eigenvalue weighted by Gasteiger charge is 2.04. The quantitative estimate of drug-likeness (QED) is 0.617. The van der Waals surface area contributed by atoms with Crippen LogP contribution in [0.4, 0.5) is 0 Å². The molecule has 2 heterocycles. The van der Waals surface area contributed by atoms with E-state index in [9.17, 15) is 0 Å². The van der Waals surface area contributed by atoms with Gasteiger partial charge in [-0.25, -0.2) is 4.98 Å². The minimum absolute atomic E-state index is 0.717. The number of hydrogen-bond donors (Lipinski definition) is 0. The monoisotopic (exact) mass is 172 g/mol. The van der Waals surface area contributed by atoms with Crippen molar-refractivity contribution in [2.75, 3.05) is 6.26 Å². The third-order valence-corrected chi connectivity index (χ3v) is 3.04. The Hall–Kier alpha value is -0.550. The lowest BCUT2D eigenvalue weighted by Crippen LogP contribution is -1.65. The van der Waals surface area contributed by atoms with Gasteiger partial charge in [0.25, 0.3) is 0 Å². The second-order valence-electron chi connectivity index (χ2n) is 1.69. The van der Waals surface area contributed by atoms with Crippen LogP contribution in [-0.2, 0) is 0 Å². The average Bonchev–Trinajstić information content (AvgIpc) is 2.42. The average molecular weight is 172 g/mol. The lowest BCUT2D eigenvalue weighted by Gasteiger charge is -1.78. The number of thiazole rings is 1. The summed E-state index contributed by atoms with van der Waals surface area (Å²) in [5.74, 6) is 0. The highest BCUT2D eigenvalue weighted by molar-refractivity contribution is 8.00. The first kappa shape index (κ1) is 6.18. The van der Waals surface area contributed by atoms with E-state index in [4.69, 9.17) is 4.52 Å². The number of hydrogen-bond acceptors (Lipinski definition) is 5. The van der Waals surface area contributed by atoms with Gasteiger partial charge < -0.3 is 4.52 Å². The third kappa shape index (κ3) is 0.819. The van der Waals surface area contributed by atoms with Gasteiger partial charge in [0.05, 0.1) is 0 Å². The molecule has 2 aromatic heterocycles. The smallest absolute Gasteiger partial charge is 0.214 e. The molecule has 5 heteroatoms. The molecule has 52 valence electrons. The lowest BCUT2D eigenvalue weighted by molar-refractivity contribution is 0.426. The first-order valence-corrected chi connectivity index (χ1v) is 4.69. The molecule has 0 aromatic carbocycles. The van der Waals surface area contributed by atoms with Crippen LogP contribution in [0.5, 0.6) is 0 Å². The van der Waals surface area contributed by atoms with Crippen molar-refractivity contribution in [1.29, 1.82) is 0 Å². The molecule has 0 aliphatic carbocycles. The van der Waals surface area contributed by atoms with Crippen LogP contribution in [0, 0.1) is 0 Å². The maximum atomic E-state index is 4.69. The summed E-state index contributed by atoms with van der Waals surface area (Å²) in [6.07, 6.45) is 3.61. The van der Waals surface area contributed by atoms with E-state index in [2.05, 4.69) is 10.1 Å². The summed E-state index contributed by atoms with van der Waals surface area (Å²) in [4.78, 5) is 4.17. The summed E-state index contributed by atoms with van der Waals surface area (Å²) in [5, 5.41) is 3.70. The Balaban J connectivity index is 2.67. The Morgan fingerprint density at radius 3 is 3.30 bits per heavy atom. The molecular weight excluding hydrogens is 168 g/mol. The van der Waals surface area contributed by atoms with Crippen LogP contribution in [0.25, 0.3) is 10.3 Å². The molecule has 2 rings (SSSR count). The highest BCUT2D eigenvalue weighted by atomic mass is 32.2. The van der Waals surface area contributed by atoms with E-state index in [0.29, 0.717) is 5.65 Å². The van der Waals surface area contributed by atoms with E-state index in [1.807, 2.05) is 6.26 Å². The lowest BCUT2D eigenvalue weighted by atomic mass is 10.7. The van der Waals surface area contributed by atoms with Gasteiger partial charge in [0.2, 0.25) is 5.65 Å². The van der Waals surface area contributed by atoms with Crippen molar-refractivity contribution in [3.63, 3.8) is 0 Å². The molecule has 0 fully saturated rings. The van der Waals surface area contributed by atoms with E-state index in [-0.39, 0.29) is 0 Å². The molecule has 0 spiro atoms. The van der Waals surface area contributed by atoms with Crippen LogP contribution in [0.3, 0.4) is 0 Å². The molecule has 0 aliphatic rings. The first-order valence-electron chi connectivity index (χ1n) is 2.65. The standard InChI is InChI=1S/C5H4N2OS2/c1-9-5-6-4-3(10-5)2-8-7-4/h2H,1H3. The summed E-state index contributed by atoms with van der Waals surface area (Å²) in [6.45, 7) is 0. The molecule has 0 amide bonds. The molecule has 2 aromatic rings. The van der Waals surface area contributed by atoms with Gasteiger partial charge in [0, 0.05) is 0 Å². The highest BCUT2D eigenvalue weighted by Crippen LogP contribution is 2.26. The zero-order valence-electron chi connectivity index (χ0n) is 5.20. The molecule has 0 saturated carbocycles. The number of aromatic nitrogens is 2. The Bertz CT molecular complexity index is 311. The van der Waals surface area contributed by atoms with Gasteiger partial charge in [-0.3, -0.25) is 0 Å². The largest absolute Gasteiger partial charge is 0.361 e. The topological polar surface area (TPSA) is 38.9 Å². The number of thioether (sulfide) groups is 1. The van der Waals surface area contributed by atoms with Gasteiger partial charge in [-0.1, -0.05) is 16.9 Å². The van der Waals surface area contributed by atoms with Crippen LogP contribution in [0.2, 0.25) is 0 Å². The fourth-order valence-corrected chi connectivity index (χ4v) is 2.02. The van der Waals surface area contributed by atoms with Crippen molar-refractivity contribution in [2.24, 2.45) is 0 Å². The van der Waals surface area contributed by atoms with Crippen LogP contribution in [0.1, 0.15) is 0 Å². The Morgan fingerprint density at radius 2 is 2.60 bits per heavy atom. The fourth-order valence-electron chi connectivity index (χ4n) is 0.658. The minimum atomic E-state index is 0.717. The van der Waals surface area contributed by atoms with Gasteiger partial charge in [-0.2, -0.15) is 0 Å². The van der Waals surface area contributed by atoms with Gasteiger partial charge in [-0.05, 0) is 6.26 Å². The van der Waals surface area contributed by atoms with E-state index in [0.717, 1.165) is 9.04 Å². The third-order valence-electron chi connectivity index (χ3n) is 1.09. The summed E-state index contributed by atoms with van der Waals surface area (Å²) >= 11 is 3.22. The van der Waals surface area contributed by atoms with Crippen LogP contribution < -0.4 is 0 Å². The Labute approximate surface area is 65.4 Å². The van der Waals surface area contributed by atoms with E-state index >= 15 is 0 Å². The van der Waals surface area contributed by atoms with Crippen molar-refractivity contribution in [3.8, 4) is 0 Å². The maximum absolute atomic E-state index is 4.69. The van der Waals surface area contributed by atoms with Crippen molar-refractivity contribution in [1.82, 2.24) is 10.1 Å². The van der Waals surface area contributed by atoms with Crippen molar-refractivity contribution in [2.45, 2.75) is 4.34 Å². The van der Waals surface area contributed by atoms with Crippen LogP contribution in [0.15, 0.2) is 15.1 Å². The van der Waals surface area contributed by atoms with Gasteiger partial charge >= 0.3 is 0 Å². The van der Waals surface area contributed by atoms with Gasteiger partial charge in [0.1, 0.15) is 11.0 Å². The predicted molar refractivity (Wildman–Crippen MR) is 41.5 cm³/mol. The molecule has 0 N–H and O–H groups in total. The SMILES string of the molecule is CSc1nc2nocc2s1. The van der Waals surface area contributed by atoms with Crippen molar-refractivity contribution in [3.05, 3.63) is 6.26 Å². The molecule has 0 atom stereocenters. The summed E-state index contributed by atoms with van der Waals surface area (Å²) < 4.78 is 6.75. The minimum Gasteiger partial charge on any atom is -0.361 e. The van der Waals surface area contributed by atoms with E-state index in [1.165, 1.54) is 0 Å². The Kier molecular flexibility index (Phi) is 1.39. The van der Waals surface area contributed by atoms with Gasteiger partial charge in [0.15, 0.2) is 4.34 Å². The maximum Gasteiger partial charge on any atom is 0.214 e. The second kappa shape index (κ2) is 2.25. The molecule has 10 heavy (non-hydrogen) atoms. The second-order valence-corrected chi connectivity index (χ2v) is 3.77. The zero-order valence-corrected chi connectivity index (χ0v) is 6.83. The Morgan fingerprint density at radius 1 is 1.70 bits per heavy atom. The molecule has 3 nitrogen and oxygen atoms in total. The van der Waals surface area contributed by atoms with E-state index in [1.54, 1.807) is 29.4 Å². The summed E-state index contributed by atoms with van der Waals surface area (Å²) in [6, 6.07) is 0. The molecule has 0 radical (unpaired) electrons. The molecule has 0 bridgehead atoms. The summed E-state index contributed by atoms with van der Waals surface area (Å²) in [5.41, 5.74) is 0.717. The van der Waals surface area contributed by atoms with Gasteiger partial charge in [-0.15, -0.1) is 11.3 Å². The predicted octanol–water partition coefficient (Wildman–Crippen LogP) is 2.01. The fraction of sp³-hybridized carbons (Fsp3) is 0.200. The number of rotatable bonds is 1. The number of fused-ring (bicyclic) bond motifs is 1.